The molecule has 3 rings (SSSR count). The summed E-state index contributed by atoms with van der Waals surface area (Å²) in [5, 5.41) is 0. The van der Waals surface area contributed by atoms with E-state index in [-0.39, 0.29) is 6.10 Å². The fourth-order valence-electron chi connectivity index (χ4n) is 2.04. The summed E-state index contributed by atoms with van der Waals surface area (Å²) >= 11 is 0. The molecule has 18 heavy (non-hydrogen) atoms. The van der Waals surface area contributed by atoms with Gasteiger partial charge >= 0.3 is 0 Å². The van der Waals surface area contributed by atoms with E-state index in [9.17, 15) is 0 Å². The fraction of sp³-hybridized carbons (Fsp3) is 0.429. The first-order chi connectivity index (χ1) is 8.86. The smallest absolute Gasteiger partial charge is 0.231 e. The summed E-state index contributed by atoms with van der Waals surface area (Å²) in [5.74, 6) is 1.58. The van der Waals surface area contributed by atoms with Crippen LogP contribution < -0.4 is 9.47 Å². The van der Waals surface area contributed by atoms with Gasteiger partial charge in [0.15, 0.2) is 11.5 Å². The number of ether oxygens (including phenoxy) is 4. The molecule has 0 radical (unpaired) electrons. The lowest BCUT2D eigenvalue weighted by molar-refractivity contribution is 0.0612. The highest BCUT2D eigenvalue weighted by Gasteiger charge is 2.28. The highest BCUT2D eigenvalue weighted by molar-refractivity contribution is 5.45. The van der Waals surface area contributed by atoms with Crippen LogP contribution in [-0.2, 0) is 9.47 Å². The zero-order valence-electron chi connectivity index (χ0n) is 10.1. The van der Waals surface area contributed by atoms with Crippen molar-refractivity contribution in [2.24, 2.45) is 0 Å². The summed E-state index contributed by atoms with van der Waals surface area (Å²) in [6.07, 6.45) is 2.97. The van der Waals surface area contributed by atoms with Crippen LogP contribution in [0.2, 0.25) is 0 Å². The lowest BCUT2D eigenvalue weighted by Gasteiger charge is -2.16. The maximum absolute atomic E-state index is 5.79. The van der Waals surface area contributed by atoms with Crippen molar-refractivity contribution >= 4 is 0 Å². The number of epoxide rings is 1. The van der Waals surface area contributed by atoms with E-state index in [4.69, 9.17) is 18.9 Å². The van der Waals surface area contributed by atoms with Crippen molar-refractivity contribution in [2.45, 2.75) is 18.6 Å². The van der Waals surface area contributed by atoms with E-state index in [0.29, 0.717) is 19.5 Å². The molecule has 0 N–H and O–H groups in total. The second-order valence-electron chi connectivity index (χ2n) is 4.41. The Balaban J connectivity index is 1.76. The first kappa shape index (κ1) is 11.6. The third-order valence-electron chi connectivity index (χ3n) is 3.06. The van der Waals surface area contributed by atoms with Gasteiger partial charge in [0.1, 0.15) is 0 Å². The number of benzene rings is 1. The molecule has 2 unspecified atom stereocenters. The zero-order valence-corrected chi connectivity index (χ0v) is 10.1. The average Bonchev–Trinajstić information content (AvgIpc) is 3.08. The van der Waals surface area contributed by atoms with Gasteiger partial charge in [0.05, 0.1) is 25.4 Å². The average molecular weight is 248 g/mol. The third-order valence-corrected chi connectivity index (χ3v) is 3.06. The second kappa shape index (κ2) is 5.00. The molecule has 0 bridgehead atoms. The van der Waals surface area contributed by atoms with Gasteiger partial charge in [0.25, 0.3) is 0 Å². The van der Waals surface area contributed by atoms with Gasteiger partial charge in [-0.2, -0.15) is 0 Å². The van der Waals surface area contributed by atoms with E-state index < -0.39 is 0 Å². The molecule has 1 aromatic carbocycles. The molecule has 4 nitrogen and oxygen atoms in total. The SMILES string of the molecule is C=CCOC(CC1CO1)c1ccc2c(c1)OCO2. The van der Waals surface area contributed by atoms with E-state index in [0.717, 1.165) is 30.1 Å². The van der Waals surface area contributed by atoms with Gasteiger partial charge in [0.2, 0.25) is 6.79 Å². The quantitative estimate of drug-likeness (QED) is 0.572. The van der Waals surface area contributed by atoms with Crippen molar-refractivity contribution in [1.82, 2.24) is 0 Å². The molecular formula is C14H16O4. The topological polar surface area (TPSA) is 40.2 Å². The highest BCUT2D eigenvalue weighted by Crippen LogP contribution is 2.37. The van der Waals surface area contributed by atoms with Gasteiger partial charge < -0.3 is 18.9 Å². The van der Waals surface area contributed by atoms with E-state index in [1.165, 1.54) is 0 Å². The Bertz CT molecular complexity index is 439. The number of hydrogen-bond acceptors (Lipinski definition) is 4. The highest BCUT2D eigenvalue weighted by atomic mass is 16.7. The first-order valence-electron chi connectivity index (χ1n) is 6.10. The van der Waals surface area contributed by atoms with Crippen molar-refractivity contribution in [3.8, 4) is 11.5 Å². The predicted molar refractivity (Wildman–Crippen MR) is 65.8 cm³/mol. The Morgan fingerprint density at radius 3 is 3.00 bits per heavy atom. The predicted octanol–water partition coefficient (Wildman–Crippen LogP) is 2.45. The van der Waals surface area contributed by atoms with Gasteiger partial charge in [-0.05, 0) is 17.7 Å². The molecule has 0 spiro atoms. The molecule has 2 aliphatic heterocycles. The molecule has 0 saturated carbocycles. The minimum Gasteiger partial charge on any atom is -0.454 e. The van der Waals surface area contributed by atoms with Crippen LogP contribution in [0.15, 0.2) is 30.9 Å². The Labute approximate surface area is 106 Å². The van der Waals surface area contributed by atoms with Crippen LogP contribution in [0.5, 0.6) is 11.5 Å². The van der Waals surface area contributed by atoms with E-state index in [2.05, 4.69) is 6.58 Å². The molecule has 0 aliphatic carbocycles. The van der Waals surface area contributed by atoms with Crippen molar-refractivity contribution in [3.05, 3.63) is 36.4 Å². The molecular weight excluding hydrogens is 232 g/mol. The Hall–Kier alpha value is -1.52. The molecule has 2 atom stereocenters. The van der Waals surface area contributed by atoms with Crippen LogP contribution in [0.4, 0.5) is 0 Å². The van der Waals surface area contributed by atoms with Crippen molar-refractivity contribution in [2.75, 3.05) is 20.0 Å². The summed E-state index contributed by atoms with van der Waals surface area (Å²) < 4.78 is 21.8. The molecule has 96 valence electrons. The van der Waals surface area contributed by atoms with Crippen molar-refractivity contribution in [1.29, 1.82) is 0 Å². The molecule has 1 fully saturated rings. The Morgan fingerprint density at radius 2 is 2.22 bits per heavy atom. The minimum atomic E-state index is 0.0185. The standard InChI is InChI=1S/C14H16O4/c1-2-5-15-13(7-11-8-16-11)10-3-4-12-14(6-10)18-9-17-12/h2-4,6,11,13H,1,5,7-9H2. The molecule has 2 heterocycles. The second-order valence-corrected chi connectivity index (χ2v) is 4.41. The monoisotopic (exact) mass is 248 g/mol. The molecule has 1 aromatic rings. The van der Waals surface area contributed by atoms with E-state index >= 15 is 0 Å². The van der Waals surface area contributed by atoms with E-state index in [1.807, 2.05) is 18.2 Å². The molecule has 1 saturated heterocycles. The first-order valence-corrected chi connectivity index (χ1v) is 6.10. The number of fused-ring (bicyclic) bond motifs is 1. The van der Waals surface area contributed by atoms with Gasteiger partial charge in [-0.1, -0.05) is 12.1 Å². The van der Waals surface area contributed by atoms with Gasteiger partial charge in [0, 0.05) is 6.42 Å². The Morgan fingerprint density at radius 1 is 1.39 bits per heavy atom. The van der Waals surface area contributed by atoms with Crippen LogP contribution in [0.1, 0.15) is 18.1 Å². The normalized spacial score (nSPS) is 21.7. The third kappa shape index (κ3) is 2.49. The maximum Gasteiger partial charge on any atom is 0.231 e. The summed E-state index contributed by atoms with van der Waals surface area (Å²) in [4.78, 5) is 0. The van der Waals surface area contributed by atoms with Gasteiger partial charge in [-0.15, -0.1) is 6.58 Å². The van der Waals surface area contributed by atoms with Crippen LogP contribution in [0.3, 0.4) is 0 Å². The van der Waals surface area contributed by atoms with Gasteiger partial charge in [-0.25, -0.2) is 0 Å². The summed E-state index contributed by atoms with van der Waals surface area (Å²) in [5.41, 5.74) is 1.09. The van der Waals surface area contributed by atoms with Gasteiger partial charge in [-0.3, -0.25) is 0 Å². The summed E-state index contributed by atoms with van der Waals surface area (Å²) in [7, 11) is 0. The van der Waals surface area contributed by atoms with Crippen molar-refractivity contribution < 1.29 is 18.9 Å². The largest absolute Gasteiger partial charge is 0.454 e. The Kier molecular flexibility index (Phi) is 3.21. The summed E-state index contributed by atoms with van der Waals surface area (Å²) in [6.45, 7) is 5.34. The van der Waals surface area contributed by atoms with E-state index in [1.54, 1.807) is 6.08 Å². The van der Waals surface area contributed by atoms with Crippen LogP contribution in [0, 0.1) is 0 Å². The summed E-state index contributed by atoms with van der Waals surface area (Å²) in [6, 6.07) is 5.93. The molecule has 0 aromatic heterocycles. The molecule has 0 amide bonds. The van der Waals surface area contributed by atoms with Crippen LogP contribution >= 0.6 is 0 Å². The lowest BCUT2D eigenvalue weighted by Crippen LogP contribution is -2.07. The van der Waals surface area contributed by atoms with Crippen LogP contribution in [0.25, 0.3) is 0 Å². The fourth-order valence-corrected chi connectivity index (χ4v) is 2.04. The minimum absolute atomic E-state index is 0.0185. The van der Waals surface area contributed by atoms with Crippen molar-refractivity contribution in [3.63, 3.8) is 0 Å². The molecule has 4 heteroatoms. The molecule has 2 aliphatic rings. The lowest BCUT2D eigenvalue weighted by atomic mass is 10.0. The number of rotatable bonds is 6. The maximum atomic E-state index is 5.79. The number of hydrogen-bond donors (Lipinski definition) is 0. The zero-order chi connectivity index (χ0) is 12.4. The van der Waals surface area contributed by atoms with Crippen LogP contribution in [-0.4, -0.2) is 26.1 Å².